The molecule has 0 bridgehead atoms. The number of carbonyl (C=O) groups is 2. The summed E-state index contributed by atoms with van der Waals surface area (Å²) in [6.45, 7) is 1.94. The van der Waals surface area contributed by atoms with Gasteiger partial charge in [0, 0.05) is 46.7 Å². The Morgan fingerprint density at radius 3 is 2.70 bits per heavy atom. The third-order valence-corrected chi connectivity index (χ3v) is 7.53. The van der Waals surface area contributed by atoms with Crippen molar-refractivity contribution in [2.24, 2.45) is 12.8 Å². The van der Waals surface area contributed by atoms with Crippen molar-refractivity contribution < 1.29 is 19.1 Å². The monoisotopic (exact) mass is 478 g/mol. The molecular formula is C23H18N4O4S2. The maximum Gasteiger partial charge on any atom is 0.412 e. The molecule has 0 spiro atoms. The molecule has 0 aliphatic carbocycles. The van der Waals surface area contributed by atoms with E-state index in [4.69, 9.17) is 10.5 Å². The van der Waals surface area contributed by atoms with Gasteiger partial charge in [-0.2, -0.15) is 0 Å². The van der Waals surface area contributed by atoms with Gasteiger partial charge in [-0.25, -0.2) is 14.6 Å². The van der Waals surface area contributed by atoms with Crippen LogP contribution in [0.4, 0.5) is 4.79 Å². The largest absolute Gasteiger partial charge is 0.456 e. The number of nitrogens with zero attached hydrogens (tertiary/aromatic N) is 3. The molecule has 0 aliphatic heterocycles. The third kappa shape index (κ3) is 3.83. The lowest BCUT2D eigenvalue weighted by Gasteiger charge is -2.07. The minimum atomic E-state index is -1.12. The number of aromatic nitrogens is 3. The Bertz CT molecular complexity index is 1530. The summed E-state index contributed by atoms with van der Waals surface area (Å²) < 4.78 is 14.6. The Kier molecular flexibility index (Phi) is 5.31. The molecule has 4 heterocycles. The van der Waals surface area contributed by atoms with Crippen LogP contribution in [0.3, 0.4) is 0 Å². The van der Waals surface area contributed by atoms with Crippen molar-refractivity contribution >= 4 is 55.0 Å². The Labute approximate surface area is 196 Å². The van der Waals surface area contributed by atoms with Crippen LogP contribution in [0.25, 0.3) is 31.0 Å². The fourth-order valence-electron chi connectivity index (χ4n) is 3.64. The zero-order valence-electron chi connectivity index (χ0n) is 17.7. The van der Waals surface area contributed by atoms with Gasteiger partial charge in [0.2, 0.25) is 0 Å². The molecule has 10 heteroatoms. The molecule has 1 aromatic carbocycles. The Balaban J connectivity index is 1.52. The van der Waals surface area contributed by atoms with E-state index in [2.05, 4.69) is 14.7 Å². The van der Waals surface area contributed by atoms with E-state index in [0.29, 0.717) is 28.9 Å². The van der Waals surface area contributed by atoms with Crippen molar-refractivity contribution in [3.05, 3.63) is 59.4 Å². The first kappa shape index (κ1) is 21.1. The van der Waals surface area contributed by atoms with Crippen molar-refractivity contribution in [3.8, 4) is 22.2 Å². The minimum Gasteiger partial charge on any atom is -0.456 e. The predicted molar refractivity (Wildman–Crippen MR) is 128 cm³/mol. The first-order valence-electron chi connectivity index (χ1n) is 10.1. The fraction of sp³-hybridized carbons (Fsp3) is 0.130. The highest BCUT2D eigenvalue weighted by Gasteiger charge is 2.21. The van der Waals surface area contributed by atoms with Gasteiger partial charge in [-0.05, 0) is 30.7 Å². The Morgan fingerprint density at radius 2 is 1.97 bits per heavy atom. The first-order chi connectivity index (χ1) is 15.9. The molecule has 0 aliphatic rings. The molecule has 0 saturated heterocycles. The Morgan fingerprint density at radius 1 is 1.12 bits per heavy atom. The third-order valence-electron chi connectivity index (χ3n) is 5.10. The second kappa shape index (κ2) is 8.30. The zero-order valence-corrected chi connectivity index (χ0v) is 19.3. The number of pyridine rings is 1. The average Bonchev–Trinajstić information content (AvgIpc) is 3.48. The van der Waals surface area contributed by atoms with E-state index < -0.39 is 12.1 Å². The van der Waals surface area contributed by atoms with Gasteiger partial charge >= 0.3 is 12.1 Å². The molecule has 8 nitrogen and oxygen atoms in total. The lowest BCUT2D eigenvalue weighted by atomic mass is 10.1. The number of aryl methyl sites for hydroxylation is 2. The molecule has 0 radical (unpaired) electrons. The molecule has 5 aromatic rings. The second-order valence-electron chi connectivity index (χ2n) is 7.22. The predicted octanol–water partition coefficient (Wildman–Crippen LogP) is 5.50. The fourth-order valence-corrected chi connectivity index (χ4v) is 5.91. The summed E-state index contributed by atoms with van der Waals surface area (Å²) in [4.78, 5) is 34.2. The van der Waals surface area contributed by atoms with E-state index in [-0.39, 0.29) is 0 Å². The number of hydrogen-bond acceptors (Lipinski definition) is 8. The van der Waals surface area contributed by atoms with Crippen LogP contribution in [0.5, 0.6) is 11.5 Å². The van der Waals surface area contributed by atoms with Gasteiger partial charge in [-0.15, -0.1) is 22.7 Å². The number of primary amides is 1. The van der Waals surface area contributed by atoms with Crippen LogP contribution in [-0.2, 0) is 18.2 Å². The smallest absolute Gasteiger partial charge is 0.412 e. The number of rotatable bonds is 5. The number of ether oxygens (including phenoxy) is 2. The molecule has 2 N–H and O–H groups in total. The van der Waals surface area contributed by atoms with Crippen LogP contribution in [0.1, 0.15) is 22.2 Å². The summed E-state index contributed by atoms with van der Waals surface area (Å²) in [6.07, 6.45) is 4.87. The number of thiophene rings is 2. The number of esters is 1. The number of imidazole rings is 1. The average molecular weight is 479 g/mol. The van der Waals surface area contributed by atoms with Gasteiger partial charge < -0.3 is 19.8 Å². The maximum atomic E-state index is 12.4. The molecule has 5 rings (SSSR count). The van der Waals surface area contributed by atoms with Crippen molar-refractivity contribution in [2.45, 2.75) is 13.3 Å². The number of carbonyl (C=O) groups excluding carboxylic acids is 2. The summed E-state index contributed by atoms with van der Waals surface area (Å²) >= 11 is 3.02. The minimum absolute atomic E-state index is 0.368. The summed E-state index contributed by atoms with van der Waals surface area (Å²) in [5.74, 6) is 1.44. The SMILES string of the molecule is CCc1sc2cc(Oc3ccnc4cc(-c5nccn5C)sc34)ccc2c1C(=O)OC(N)=O. The molecule has 0 fully saturated rings. The van der Waals surface area contributed by atoms with Gasteiger partial charge in [0.1, 0.15) is 17.3 Å². The highest BCUT2D eigenvalue weighted by molar-refractivity contribution is 7.22. The van der Waals surface area contributed by atoms with Crippen LogP contribution < -0.4 is 10.5 Å². The van der Waals surface area contributed by atoms with Gasteiger partial charge in [0.05, 0.1) is 20.7 Å². The lowest BCUT2D eigenvalue weighted by molar-refractivity contribution is 0.0640. The maximum absolute atomic E-state index is 12.4. The van der Waals surface area contributed by atoms with Crippen LogP contribution in [0.15, 0.2) is 48.9 Å². The normalized spacial score (nSPS) is 11.2. The molecule has 4 aromatic heterocycles. The van der Waals surface area contributed by atoms with Crippen LogP contribution >= 0.6 is 22.7 Å². The van der Waals surface area contributed by atoms with E-state index in [1.54, 1.807) is 35.9 Å². The number of hydrogen-bond donors (Lipinski definition) is 1. The van der Waals surface area contributed by atoms with Crippen molar-refractivity contribution in [2.75, 3.05) is 0 Å². The molecular weight excluding hydrogens is 460 g/mol. The number of amides is 1. The zero-order chi connectivity index (χ0) is 23.1. The molecule has 166 valence electrons. The van der Waals surface area contributed by atoms with Crippen LogP contribution in [0.2, 0.25) is 0 Å². The summed E-state index contributed by atoms with van der Waals surface area (Å²) in [7, 11) is 1.95. The van der Waals surface area contributed by atoms with Crippen LogP contribution in [-0.4, -0.2) is 26.6 Å². The van der Waals surface area contributed by atoms with Crippen molar-refractivity contribution in [1.29, 1.82) is 0 Å². The summed E-state index contributed by atoms with van der Waals surface area (Å²) in [6, 6.07) is 9.29. The first-order valence-corrected chi connectivity index (χ1v) is 11.7. The van der Waals surface area contributed by atoms with E-state index in [1.807, 2.05) is 42.9 Å². The lowest BCUT2D eigenvalue weighted by Crippen LogP contribution is -2.18. The van der Waals surface area contributed by atoms with Crippen molar-refractivity contribution in [1.82, 2.24) is 14.5 Å². The molecule has 0 atom stereocenters. The van der Waals surface area contributed by atoms with Gasteiger partial charge in [-0.1, -0.05) is 6.92 Å². The van der Waals surface area contributed by atoms with Crippen molar-refractivity contribution in [3.63, 3.8) is 0 Å². The summed E-state index contributed by atoms with van der Waals surface area (Å²) in [5.41, 5.74) is 6.22. The molecule has 0 saturated carbocycles. The molecule has 33 heavy (non-hydrogen) atoms. The number of benzene rings is 1. The van der Waals surface area contributed by atoms with Gasteiger partial charge in [0.15, 0.2) is 0 Å². The van der Waals surface area contributed by atoms with Gasteiger partial charge in [0.25, 0.3) is 0 Å². The van der Waals surface area contributed by atoms with Crippen LogP contribution in [0, 0.1) is 0 Å². The topological polar surface area (TPSA) is 109 Å². The van der Waals surface area contributed by atoms with Gasteiger partial charge in [-0.3, -0.25) is 4.98 Å². The number of fused-ring (bicyclic) bond motifs is 2. The van der Waals surface area contributed by atoms with E-state index in [9.17, 15) is 9.59 Å². The van der Waals surface area contributed by atoms with E-state index in [1.165, 1.54) is 11.3 Å². The standard InChI is InChI=1S/C23H18N4O4S2/c1-3-16-19(22(28)31-23(24)29)13-5-4-12(10-17(13)32-16)30-15-6-7-25-14-11-18(33-20(14)15)21-26-8-9-27(21)2/h4-11H,3H2,1-2H3,(H2,24,29). The van der Waals surface area contributed by atoms with E-state index in [0.717, 1.165) is 30.5 Å². The second-order valence-corrected chi connectivity index (χ2v) is 9.41. The molecule has 1 amide bonds. The highest BCUT2D eigenvalue weighted by atomic mass is 32.1. The number of nitrogens with two attached hydrogens (primary N) is 1. The molecule has 0 unspecified atom stereocenters. The highest BCUT2D eigenvalue weighted by Crippen LogP contribution is 2.40. The summed E-state index contributed by atoms with van der Waals surface area (Å²) in [5, 5.41) is 0.698. The van der Waals surface area contributed by atoms with E-state index >= 15 is 0 Å². The quantitative estimate of drug-likeness (QED) is 0.264. The Hall–Kier alpha value is -3.76.